The van der Waals surface area contributed by atoms with Gasteiger partial charge >= 0.3 is 0 Å². The summed E-state index contributed by atoms with van der Waals surface area (Å²) in [5, 5.41) is 1.21. The van der Waals surface area contributed by atoms with Crippen LogP contribution in [-0.2, 0) is 11.3 Å². The molecule has 0 atom stereocenters. The van der Waals surface area contributed by atoms with Gasteiger partial charge in [-0.05, 0) is 66.4 Å². The molecule has 1 aromatic heterocycles. The van der Waals surface area contributed by atoms with Gasteiger partial charge in [0.15, 0.2) is 0 Å². The van der Waals surface area contributed by atoms with Crippen molar-refractivity contribution in [1.82, 2.24) is 4.57 Å². The Morgan fingerprint density at radius 1 is 1.03 bits per heavy atom. The number of hydrogen-bond donors (Lipinski definition) is 0. The average Bonchev–Trinajstić information content (AvgIpc) is 3.26. The predicted octanol–water partition coefficient (Wildman–Crippen LogP) is 8.14. The SMILES string of the molecule is O=C1S/C(=C\c2cn(Cc3c(F)cccc3Cl)c3ccc(Br)cc23)C(=O)N1c1cccc(Cl)c1. The summed E-state index contributed by atoms with van der Waals surface area (Å²) in [4.78, 5) is 27.2. The van der Waals surface area contributed by atoms with E-state index in [9.17, 15) is 14.0 Å². The van der Waals surface area contributed by atoms with Crippen molar-refractivity contribution in [2.45, 2.75) is 6.54 Å². The molecule has 0 saturated carbocycles. The molecule has 0 bridgehead atoms. The van der Waals surface area contributed by atoms with Gasteiger partial charge in [0.2, 0.25) is 0 Å². The van der Waals surface area contributed by atoms with E-state index in [0.29, 0.717) is 21.3 Å². The molecule has 170 valence electrons. The number of benzene rings is 3. The summed E-state index contributed by atoms with van der Waals surface area (Å²) >= 11 is 16.6. The minimum atomic E-state index is -0.426. The second kappa shape index (κ2) is 9.23. The molecule has 0 N–H and O–H groups in total. The number of carbonyl (C=O) groups is 2. The molecule has 1 saturated heterocycles. The van der Waals surface area contributed by atoms with Gasteiger partial charge in [0.25, 0.3) is 11.1 Å². The number of aromatic nitrogens is 1. The van der Waals surface area contributed by atoms with Crippen LogP contribution in [-0.4, -0.2) is 15.7 Å². The summed E-state index contributed by atoms with van der Waals surface area (Å²) in [5.41, 5.74) is 2.35. The molecule has 0 spiro atoms. The van der Waals surface area contributed by atoms with E-state index in [2.05, 4.69) is 15.9 Å². The summed E-state index contributed by atoms with van der Waals surface area (Å²) in [6, 6.07) is 16.9. The first-order valence-corrected chi connectivity index (χ1v) is 12.4. The smallest absolute Gasteiger partial charge is 0.298 e. The van der Waals surface area contributed by atoms with Crippen LogP contribution in [0.2, 0.25) is 10.0 Å². The Balaban J connectivity index is 1.57. The normalized spacial score (nSPS) is 15.2. The van der Waals surface area contributed by atoms with Gasteiger partial charge < -0.3 is 4.57 Å². The van der Waals surface area contributed by atoms with Gasteiger partial charge in [-0.2, -0.15) is 0 Å². The third-order valence-corrected chi connectivity index (χ3v) is 7.36. The van der Waals surface area contributed by atoms with Crippen molar-refractivity contribution < 1.29 is 14.0 Å². The van der Waals surface area contributed by atoms with Crippen LogP contribution in [0.1, 0.15) is 11.1 Å². The topological polar surface area (TPSA) is 42.3 Å². The number of imide groups is 1. The summed E-state index contributed by atoms with van der Waals surface area (Å²) in [5.74, 6) is -0.819. The molecule has 1 aliphatic heterocycles. The third-order valence-electron chi connectivity index (χ3n) is 5.41. The van der Waals surface area contributed by atoms with Crippen molar-refractivity contribution in [1.29, 1.82) is 0 Å². The van der Waals surface area contributed by atoms with Crippen molar-refractivity contribution in [2.24, 2.45) is 0 Å². The molecule has 5 rings (SSSR count). The number of nitrogens with zero attached hydrogens (tertiary/aromatic N) is 2. The van der Waals surface area contributed by atoms with Crippen LogP contribution in [0.25, 0.3) is 17.0 Å². The molecule has 9 heteroatoms. The van der Waals surface area contributed by atoms with Crippen LogP contribution >= 0.6 is 50.9 Å². The van der Waals surface area contributed by atoms with Gasteiger partial charge in [0, 0.05) is 42.7 Å². The van der Waals surface area contributed by atoms with Crippen molar-refractivity contribution in [3.8, 4) is 0 Å². The molecular weight excluding hydrogens is 562 g/mol. The first-order valence-electron chi connectivity index (χ1n) is 10.1. The van der Waals surface area contributed by atoms with Crippen LogP contribution < -0.4 is 4.90 Å². The second-order valence-corrected chi connectivity index (χ2v) is 10.3. The van der Waals surface area contributed by atoms with E-state index < -0.39 is 17.0 Å². The fourth-order valence-electron chi connectivity index (χ4n) is 3.84. The lowest BCUT2D eigenvalue weighted by molar-refractivity contribution is -0.113. The van der Waals surface area contributed by atoms with E-state index >= 15 is 0 Å². The van der Waals surface area contributed by atoms with Crippen LogP contribution in [0.3, 0.4) is 0 Å². The maximum atomic E-state index is 14.4. The maximum absolute atomic E-state index is 14.4. The summed E-state index contributed by atoms with van der Waals surface area (Å²) < 4.78 is 17.2. The Morgan fingerprint density at radius 2 is 1.82 bits per heavy atom. The van der Waals surface area contributed by atoms with Crippen LogP contribution in [0.5, 0.6) is 0 Å². The Kier molecular flexibility index (Phi) is 6.29. The zero-order valence-electron chi connectivity index (χ0n) is 17.3. The van der Waals surface area contributed by atoms with Gasteiger partial charge in [0.1, 0.15) is 5.82 Å². The van der Waals surface area contributed by atoms with E-state index in [1.165, 1.54) is 6.07 Å². The molecule has 0 radical (unpaired) electrons. The number of anilines is 1. The Morgan fingerprint density at radius 3 is 2.59 bits per heavy atom. The summed E-state index contributed by atoms with van der Waals surface area (Å²) in [6.07, 6.45) is 3.51. The number of rotatable bonds is 4. The van der Waals surface area contributed by atoms with Crippen LogP contribution in [0.15, 0.2) is 76.2 Å². The van der Waals surface area contributed by atoms with Crippen molar-refractivity contribution in [3.63, 3.8) is 0 Å². The summed E-state index contributed by atoms with van der Waals surface area (Å²) in [7, 11) is 0. The molecule has 1 aliphatic rings. The highest BCUT2D eigenvalue weighted by Gasteiger charge is 2.36. The minimum absolute atomic E-state index is 0.210. The Bertz CT molecular complexity index is 1500. The van der Waals surface area contributed by atoms with Gasteiger partial charge in [-0.1, -0.05) is 51.3 Å². The fourth-order valence-corrected chi connectivity index (χ4v) is 5.44. The van der Waals surface area contributed by atoms with Gasteiger partial charge in [-0.15, -0.1) is 0 Å². The minimum Gasteiger partial charge on any atom is -0.342 e. The highest BCUT2D eigenvalue weighted by atomic mass is 79.9. The van der Waals surface area contributed by atoms with E-state index in [0.717, 1.165) is 37.6 Å². The lowest BCUT2D eigenvalue weighted by Gasteiger charge is -2.12. The molecule has 0 unspecified atom stereocenters. The maximum Gasteiger partial charge on any atom is 0.298 e. The van der Waals surface area contributed by atoms with E-state index in [4.69, 9.17) is 23.2 Å². The van der Waals surface area contributed by atoms with Gasteiger partial charge in [-0.25, -0.2) is 9.29 Å². The molecule has 34 heavy (non-hydrogen) atoms. The third kappa shape index (κ3) is 4.29. The monoisotopic (exact) mass is 574 g/mol. The number of fused-ring (bicyclic) bond motifs is 1. The highest BCUT2D eigenvalue weighted by molar-refractivity contribution is 9.10. The van der Waals surface area contributed by atoms with E-state index in [1.54, 1.807) is 42.5 Å². The largest absolute Gasteiger partial charge is 0.342 e. The first-order chi connectivity index (χ1) is 16.3. The second-order valence-electron chi connectivity index (χ2n) is 7.57. The van der Waals surface area contributed by atoms with Crippen molar-refractivity contribution in [2.75, 3.05) is 4.90 Å². The molecule has 2 heterocycles. The zero-order chi connectivity index (χ0) is 24.0. The van der Waals surface area contributed by atoms with Crippen LogP contribution in [0.4, 0.5) is 14.9 Å². The van der Waals surface area contributed by atoms with E-state index in [-0.39, 0.29) is 11.4 Å². The number of carbonyl (C=O) groups excluding carboxylic acids is 2. The zero-order valence-corrected chi connectivity index (χ0v) is 21.2. The molecule has 1 fully saturated rings. The number of halogens is 4. The molecule has 4 aromatic rings. The molecule has 4 nitrogen and oxygen atoms in total. The Hall–Kier alpha value is -2.58. The van der Waals surface area contributed by atoms with Gasteiger partial charge in [0.05, 0.1) is 17.1 Å². The van der Waals surface area contributed by atoms with Crippen molar-refractivity contribution >= 4 is 84.7 Å². The molecule has 0 aliphatic carbocycles. The molecule has 2 amide bonds. The standard InChI is InChI=1S/C25H14BrCl2FN2O2S/c26-15-7-8-22-18(10-15)14(12-30(22)13-19-20(28)5-2-6-21(19)29)9-23-24(32)31(25(33)34-23)17-4-1-3-16(27)11-17/h1-12H,13H2/b23-9-. The quantitative estimate of drug-likeness (QED) is 0.231. The lowest BCUT2D eigenvalue weighted by atomic mass is 10.1. The van der Waals surface area contributed by atoms with Crippen LogP contribution in [0, 0.1) is 5.82 Å². The Labute approximate surface area is 217 Å². The lowest BCUT2D eigenvalue weighted by Crippen LogP contribution is -2.27. The molecule has 3 aromatic carbocycles. The average molecular weight is 576 g/mol. The molecular formula is C25H14BrCl2FN2O2S. The number of thioether (sulfide) groups is 1. The van der Waals surface area contributed by atoms with Crippen molar-refractivity contribution in [3.05, 3.63) is 103 Å². The summed E-state index contributed by atoms with van der Waals surface area (Å²) in [6.45, 7) is 0.210. The van der Waals surface area contributed by atoms with Gasteiger partial charge in [-0.3, -0.25) is 9.59 Å². The highest BCUT2D eigenvalue weighted by Crippen LogP contribution is 2.38. The van der Waals surface area contributed by atoms with E-state index in [1.807, 2.05) is 29.0 Å². The number of hydrogen-bond acceptors (Lipinski definition) is 3. The predicted molar refractivity (Wildman–Crippen MR) is 140 cm³/mol. The fraction of sp³-hybridized carbons (Fsp3) is 0.0400. The first kappa shape index (κ1) is 23.2. The number of amides is 2.